The average molecular weight is 800 g/mol. The Morgan fingerprint density at radius 2 is 1.20 bits per heavy atom. The minimum Gasteiger partial charge on any atom is -0.376 e. The van der Waals surface area contributed by atoms with Crippen LogP contribution in [0.5, 0.6) is 0 Å². The number of nitrogens with zero attached hydrogens (tertiary/aromatic N) is 5. The number of H-pyrrole nitrogens is 1. The van der Waals surface area contributed by atoms with E-state index in [-0.39, 0.29) is 0 Å². The first-order chi connectivity index (χ1) is 27.2. The molecule has 8 nitrogen and oxygen atoms in total. The largest absolute Gasteiger partial charge is 0.376 e. The first-order valence-electron chi connectivity index (χ1n) is 19.7. The van der Waals surface area contributed by atoms with E-state index in [1.807, 2.05) is 54.6 Å². The van der Waals surface area contributed by atoms with Crippen LogP contribution in [0, 0.1) is 13.1 Å². The molecule has 0 spiro atoms. The van der Waals surface area contributed by atoms with Gasteiger partial charge in [-0.25, -0.2) is 0 Å². The van der Waals surface area contributed by atoms with Crippen LogP contribution in [0.2, 0.25) is 0 Å². The van der Waals surface area contributed by atoms with Crippen molar-refractivity contribution in [2.45, 2.75) is 95.8 Å². The van der Waals surface area contributed by atoms with Crippen molar-refractivity contribution in [2.24, 2.45) is 0 Å². The summed E-state index contributed by atoms with van der Waals surface area (Å²) >= 11 is 3.30. The van der Waals surface area contributed by atoms with E-state index in [4.69, 9.17) is 22.6 Å². The van der Waals surface area contributed by atoms with Gasteiger partial charge in [0.15, 0.2) is 0 Å². The molecule has 284 valence electrons. The van der Waals surface area contributed by atoms with Crippen LogP contribution in [0.3, 0.4) is 0 Å². The minimum absolute atomic E-state index is 0.460. The zero-order valence-electron chi connectivity index (χ0n) is 31.6. The highest BCUT2D eigenvalue weighted by Crippen LogP contribution is 2.38. The average Bonchev–Trinajstić information content (AvgIpc) is 3.85. The fourth-order valence-electron chi connectivity index (χ4n) is 7.73. The van der Waals surface area contributed by atoms with Crippen LogP contribution in [-0.2, 0) is 29.2 Å². The number of hydrogen-bond acceptors (Lipinski definition) is 4. The van der Waals surface area contributed by atoms with Gasteiger partial charge in [-0.1, -0.05) is 140 Å². The molecule has 0 atom stereocenters. The third kappa shape index (κ3) is 11.4. The smallest absolute Gasteiger partial charge is 0.271 e. The summed E-state index contributed by atoms with van der Waals surface area (Å²) in [5, 5.41) is 3.31. The molecule has 2 aliphatic rings. The van der Waals surface area contributed by atoms with Crippen molar-refractivity contribution in [3.05, 3.63) is 142 Å². The molecule has 0 aliphatic heterocycles. The molecule has 4 aromatic heterocycles. The van der Waals surface area contributed by atoms with Crippen molar-refractivity contribution in [3.63, 3.8) is 0 Å². The lowest BCUT2D eigenvalue weighted by Crippen LogP contribution is -2.06. The molecule has 9 heteroatoms. The van der Waals surface area contributed by atoms with Crippen molar-refractivity contribution >= 4 is 49.6 Å². The third-order valence-electron chi connectivity index (χ3n) is 10.5. The zero-order chi connectivity index (χ0) is 38.1. The second kappa shape index (κ2) is 21.3. The van der Waals surface area contributed by atoms with Crippen LogP contribution in [0.25, 0.3) is 31.8 Å². The lowest BCUT2D eigenvalue weighted by molar-refractivity contribution is 0.114. The number of aromatic nitrogens is 4. The summed E-state index contributed by atoms with van der Waals surface area (Å²) in [7, 11) is 0. The summed E-state index contributed by atoms with van der Waals surface area (Å²) in [5.41, 5.74) is 6.99. The number of pyridine rings is 2. The van der Waals surface area contributed by atoms with Crippen LogP contribution >= 0.6 is 15.9 Å². The van der Waals surface area contributed by atoms with Gasteiger partial charge in [0, 0.05) is 35.0 Å². The van der Waals surface area contributed by atoms with Crippen molar-refractivity contribution < 1.29 is 9.47 Å². The first kappa shape index (κ1) is 39.9. The molecule has 6 aromatic rings. The molecule has 2 fully saturated rings. The summed E-state index contributed by atoms with van der Waals surface area (Å²) in [5.74, 6) is 2.23. The Bertz CT molecular complexity index is 2140. The number of rotatable bonds is 11. The number of fused-ring (bicyclic) bond motifs is 2. The first-order valence-corrected chi connectivity index (χ1v) is 20.8. The van der Waals surface area contributed by atoms with Crippen LogP contribution in [0.15, 0.2) is 97.3 Å². The van der Waals surface area contributed by atoms with Gasteiger partial charge in [0.25, 0.3) is 11.6 Å². The Hall–Kier alpha value is -4.80. The highest BCUT2D eigenvalue weighted by atomic mass is 79.9. The fourth-order valence-corrected chi connectivity index (χ4v) is 7.96. The lowest BCUT2D eigenvalue weighted by Gasteiger charge is -2.20. The third-order valence-corrected chi connectivity index (χ3v) is 10.9. The van der Waals surface area contributed by atoms with Crippen molar-refractivity contribution in [1.29, 1.82) is 0 Å². The SMILES string of the molecule is BrCCOCc1ccccc1.[C-]#[N+]c1ccc2c(C3CCCCC3)c[nH]c2n1.[C-]#[N+]c1ccc2c(C3CCCCC3)cn(CCOCc3ccccc3)c2n1. The lowest BCUT2D eigenvalue weighted by atomic mass is 9.84. The maximum absolute atomic E-state index is 7.28. The molecule has 0 bridgehead atoms. The quantitative estimate of drug-likeness (QED) is 0.0805. The molecule has 1 N–H and O–H groups in total. The molecule has 2 aromatic carbocycles. The van der Waals surface area contributed by atoms with E-state index in [1.54, 1.807) is 0 Å². The van der Waals surface area contributed by atoms with Crippen molar-refractivity contribution in [1.82, 2.24) is 19.5 Å². The maximum atomic E-state index is 7.28. The molecule has 2 saturated carbocycles. The fraction of sp³-hybridized carbons (Fsp3) is 0.391. The van der Waals surface area contributed by atoms with E-state index >= 15 is 0 Å². The molecule has 0 amide bonds. The normalized spacial score (nSPS) is 14.7. The molecular weight excluding hydrogens is 748 g/mol. The van der Waals surface area contributed by atoms with E-state index in [9.17, 15) is 0 Å². The van der Waals surface area contributed by atoms with Gasteiger partial charge in [0.05, 0.1) is 26.4 Å². The molecule has 4 heterocycles. The summed E-state index contributed by atoms with van der Waals surface area (Å²) in [6.07, 6.45) is 17.5. The highest BCUT2D eigenvalue weighted by molar-refractivity contribution is 9.09. The summed E-state index contributed by atoms with van der Waals surface area (Å²) in [4.78, 5) is 19.0. The standard InChI is InChI=1S/C23H25N3O.C14H15N3.C9H11BrO/c1-24-22-13-12-20-21(19-10-6-3-7-11-19)16-26(23(20)25-22)14-15-27-17-18-8-4-2-5-9-18;1-15-13-8-7-11-12(9-16-14(11)17-13)10-5-3-2-4-6-10;10-6-7-11-8-9-4-2-1-3-5-9/h2,4-5,8-9,12-13,16,19H,3,6-7,10-11,14-15,17H2;7-10H,2-6H2,(H,16,17);1-5H,6-8H2. The summed E-state index contributed by atoms with van der Waals surface area (Å²) in [6, 6.07) is 28.2. The minimum atomic E-state index is 0.460. The van der Waals surface area contributed by atoms with Crippen molar-refractivity contribution in [3.8, 4) is 0 Å². The van der Waals surface area contributed by atoms with Gasteiger partial charge in [-0.2, -0.15) is 0 Å². The van der Waals surface area contributed by atoms with Gasteiger partial charge in [-0.05, 0) is 71.9 Å². The number of benzene rings is 2. The second-order valence-corrected chi connectivity index (χ2v) is 15.1. The molecule has 0 unspecified atom stereocenters. The Kier molecular flexibility index (Phi) is 15.5. The van der Waals surface area contributed by atoms with Gasteiger partial charge >= 0.3 is 0 Å². The van der Waals surface area contributed by atoms with Gasteiger partial charge in [0.1, 0.15) is 0 Å². The summed E-state index contributed by atoms with van der Waals surface area (Å²) in [6.45, 7) is 17.7. The molecule has 55 heavy (non-hydrogen) atoms. The molecular formula is C46H51BrN6O2. The van der Waals surface area contributed by atoms with Crippen LogP contribution in [0.4, 0.5) is 11.6 Å². The summed E-state index contributed by atoms with van der Waals surface area (Å²) < 4.78 is 13.4. The zero-order valence-corrected chi connectivity index (χ0v) is 33.2. The maximum Gasteiger partial charge on any atom is 0.271 e. The number of nitrogens with one attached hydrogen (secondary N) is 1. The van der Waals surface area contributed by atoms with Crippen LogP contribution in [-0.4, -0.2) is 38.1 Å². The Balaban J connectivity index is 0.000000156. The molecule has 0 saturated heterocycles. The Morgan fingerprint density at radius 3 is 1.78 bits per heavy atom. The van der Waals surface area contributed by atoms with Crippen molar-refractivity contribution in [2.75, 3.05) is 18.5 Å². The number of aromatic amines is 1. The van der Waals surface area contributed by atoms with E-state index in [0.717, 1.165) is 29.8 Å². The number of hydrogen-bond donors (Lipinski definition) is 1. The Labute approximate surface area is 334 Å². The topological polar surface area (TPSA) is 73.7 Å². The molecule has 2 aliphatic carbocycles. The monoisotopic (exact) mass is 798 g/mol. The van der Waals surface area contributed by atoms with E-state index in [1.165, 1.54) is 97.2 Å². The van der Waals surface area contributed by atoms with Crippen LogP contribution in [0.1, 0.15) is 98.3 Å². The second-order valence-electron chi connectivity index (χ2n) is 14.3. The van der Waals surface area contributed by atoms with E-state index < -0.39 is 0 Å². The van der Waals surface area contributed by atoms with Gasteiger partial charge in [-0.3, -0.25) is 0 Å². The predicted octanol–water partition coefficient (Wildman–Crippen LogP) is 12.6. The molecule has 8 rings (SSSR count). The highest BCUT2D eigenvalue weighted by Gasteiger charge is 2.23. The van der Waals surface area contributed by atoms with Crippen LogP contribution < -0.4 is 0 Å². The molecule has 0 radical (unpaired) electrons. The van der Waals surface area contributed by atoms with Gasteiger partial charge in [0.2, 0.25) is 11.3 Å². The van der Waals surface area contributed by atoms with Gasteiger partial charge < -0.3 is 28.7 Å². The van der Waals surface area contributed by atoms with Gasteiger partial charge in [-0.15, -0.1) is 9.97 Å². The van der Waals surface area contributed by atoms with E-state index in [0.29, 0.717) is 43.3 Å². The number of ether oxygens (including phenoxy) is 2. The Morgan fingerprint density at radius 1 is 0.655 bits per heavy atom. The number of halogens is 1. The predicted molar refractivity (Wildman–Crippen MR) is 226 cm³/mol. The number of alkyl halides is 1. The van der Waals surface area contributed by atoms with E-state index in [2.05, 4.69) is 87.9 Å².